The average Bonchev–Trinajstić information content (AvgIpc) is 2.96. The molecule has 1 rings (SSSR count). The van der Waals surface area contributed by atoms with Crippen LogP contribution in [-0.2, 0) is 9.53 Å². The fourth-order valence-corrected chi connectivity index (χ4v) is 2.96. The van der Waals surface area contributed by atoms with Gasteiger partial charge in [-0.1, -0.05) is 44.1 Å². The zero-order chi connectivity index (χ0) is 19.4. The van der Waals surface area contributed by atoms with Gasteiger partial charge in [-0.05, 0) is 32.1 Å². The molecule has 0 radical (unpaired) electrons. The molecule has 5 atom stereocenters. The summed E-state index contributed by atoms with van der Waals surface area (Å²) in [5.74, 6) is -0.882. The Labute approximate surface area is 156 Å². The molecule has 0 aromatic carbocycles. The number of carboxylic acid groups (broad SMARTS) is 1. The molecule has 6 heteroatoms. The molecule has 4 N–H and O–H groups in total. The molecule has 150 valence electrons. The molecule has 0 spiro atoms. The molecule has 26 heavy (non-hydrogen) atoms. The second-order valence-electron chi connectivity index (χ2n) is 6.95. The summed E-state index contributed by atoms with van der Waals surface area (Å²) in [6, 6.07) is 0. The van der Waals surface area contributed by atoms with Gasteiger partial charge in [0.1, 0.15) is 6.10 Å². The Balaban J connectivity index is 2.32. The zero-order valence-corrected chi connectivity index (χ0v) is 15.7. The highest BCUT2D eigenvalue weighted by atomic mass is 16.5. The van der Waals surface area contributed by atoms with Crippen LogP contribution in [0.15, 0.2) is 24.3 Å². The van der Waals surface area contributed by atoms with Crippen molar-refractivity contribution in [2.75, 3.05) is 0 Å². The monoisotopic (exact) mass is 370 g/mol. The van der Waals surface area contributed by atoms with Gasteiger partial charge in [-0.25, -0.2) is 0 Å². The lowest BCUT2D eigenvalue weighted by molar-refractivity contribution is -0.137. The van der Waals surface area contributed by atoms with Crippen molar-refractivity contribution in [3.63, 3.8) is 0 Å². The number of allylic oxidation sites excluding steroid dienone is 1. The molecule has 0 unspecified atom stereocenters. The van der Waals surface area contributed by atoms with Crippen LogP contribution in [0.25, 0.3) is 0 Å². The van der Waals surface area contributed by atoms with Gasteiger partial charge in [-0.2, -0.15) is 0 Å². The minimum Gasteiger partial charge on any atom is -0.481 e. The van der Waals surface area contributed by atoms with Gasteiger partial charge in [-0.15, -0.1) is 0 Å². The first kappa shape index (κ1) is 22.8. The highest BCUT2D eigenvalue weighted by molar-refractivity contribution is 5.66. The van der Waals surface area contributed by atoms with Crippen molar-refractivity contribution >= 4 is 5.97 Å². The molecular weight excluding hydrogens is 336 g/mol. The number of unbranched alkanes of at least 4 members (excludes halogenated alkanes) is 3. The van der Waals surface area contributed by atoms with Crippen molar-refractivity contribution < 1.29 is 30.0 Å². The Morgan fingerprint density at radius 2 is 2.00 bits per heavy atom. The molecule has 1 aliphatic rings. The Morgan fingerprint density at radius 3 is 2.69 bits per heavy atom. The summed E-state index contributed by atoms with van der Waals surface area (Å²) in [6.07, 6.45) is 10.2. The van der Waals surface area contributed by atoms with E-state index in [1.165, 1.54) is 18.9 Å². The SMILES string of the molecule is CCCCC/C=C\C[C@@H](O)[C@@H]1C[C@H](O)[C@H](/C=C/[C@H](O)CCCC(=O)O)O1. The van der Waals surface area contributed by atoms with Gasteiger partial charge in [-0.3, -0.25) is 4.79 Å². The van der Waals surface area contributed by atoms with Gasteiger partial charge in [0, 0.05) is 12.8 Å². The first-order chi connectivity index (χ1) is 12.4. The van der Waals surface area contributed by atoms with E-state index in [1.54, 1.807) is 6.08 Å². The standard InChI is InChI=1S/C20H34O6/c1-2-3-4-5-6-7-10-16(22)19-14-17(23)18(26-19)13-12-15(21)9-8-11-20(24)25/h6-7,12-13,15-19,21-23H,2-5,8-11,14H2,1H3,(H,24,25)/b7-6-,13-12+/t15-,16-,17+,18+,19+/m1/s1. The number of aliphatic hydroxyl groups excluding tert-OH is 3. The Kier molecular flexibility index (Phi) is 11.4. The number of aliphatic hydroxyl groups is 3. The average molecular weight is 370 g/mol. The maximum Gasteiger partial charge on any atom is 0.303 e. The number of ether oxygens (including phenoxy) is 1. The van der Waals surface area contributed by atoms with Crippen LogP contribution in [0.4, 0.5) is 0 Å². The summed E-state index contributed by atoms with van der Waals surface area (Å²) < 4.78 is 5.70. The van der Waals surface area contributed by atoms with E-state index in [4.69, 9.17) is 9.84 Å². The van der Waals surface area contributed by atoms with Gasteiger partial charge in [0.2, 0.25) is 0 Å². The van der Waals surface area contributed by atoms with E-state index in [1.807, 2.05) is 6.08 Å². The van der Waals surface area contributed by atoms with Crippen molar-refractivity contribution in [1.82, 2.24) is 0 Å². The molecule has 0 saturated carbocycles. The van der Waals surface area contributed by atoms with Crippen molar-refractivity contribution in [2.45, 2.75) is 95.2 Å². The number of rotatable bonds is 13. The summed E-state index contributed by atoms with van der Waals surface area (Å²) in [7, 11) is 0. The molecule has 1 saturated heterocycles. The number of hydrogen-bond acceptors (Lipinski definition) is 5. The lowest BCUT2D eigenvalue weighted by atomic mass is 10.0. The lowest BCUT2D eigenvalue weighted by Crippen LogP contribution is -2.25. The first-order valence-corrected chi connectivity index (χ1v) is 9.68. The number of carbonyl (C=O) groups is 1. The third-order valence-corrected chi connectivity index (χ3v) is 4.55. The van der Waals surface area contributed by atoms with E-state index in [0.717, 1.165) is 12.8 Å². The zero-order valence-electron chi connectivity index (χ0n) is 15.7. The summed E-state index contributed by atoms with van der Waals surface area (Å²) in [4.78, 5) is 10.5. The van der Waals surface area contributed by atoms with Crippen molar-refractivity contribution in [3.8, 4) is 0 Å². The van der Waals surface area contributed by atoms with E-state index in [-0.39, 0.29) is 6.42 Å². The van der Waals surface area contributed by atoms with Gasteiger partial charge in [0.15, 0.2) is 0 Å². The van der Waals surface area contributed by atoms with E-state index in [2.05, 4.69) is 13.0 Å². The third-order valence-electron chi connectivity index (χ3n) is 4.55. The summed E-state index contributed by atoms with van der Waals surface area (Å²) >= 11 is 0. The molecule has 1 aliphatic heterocycles. The van der Waals surface area contributed by atoms with E-state index < -0.39 is 36.5 Å². The van der Waals surface area contributed by atoms with Gasteiger partial charge >= 0.3 is 5.97 Å². The third kappa shape index (κ3) is 9.48. The van der Waals surface area contributed by atoms with Crippen LogP contribution in [0.2, 0.25) is 0 Å². The van der Waals surface area contributed by atoms with Crippen molar-refractivity contribution in [2.24, 2.45) is 0 Å². The van der Waals surface area contributed by atoms with Crippen molar-refractivity contribution in [3.05, 3.63) is 24.3 Å². The Bertz CT molecular complexity index is 448. The number of hydrogen-bond donors (Lipinski definition) is 4. The lowest BCUT2D eigenvalue weighted by Gasteiger charge is -2.16. The topological polar surface area (TPSA) is 107 Å². The predicted molar refractivity (Wildman–Crippen MR) is 99.8 cm³/mol. The predicted octanol–water partition coefficient (Wildman–Crippen LogP) is 2.56. The molecule has 0 aromatic heterocycles. The van der Waals surface area contributed by atoms with Crippen LogP contribution < -0.4 is 0 Å². The van der Waals surface area contributed by atoms with Crippen LogP contribution in [-0.4, -0.2) is 56.9 Å². The highest BCUT2D eigenvalue weighted by Gasteiger charge is 2.35. The molecule has 1 heterocycles. The van der Waals surface area contributed by atoms with E-state index >= 15 is 0 Å². The maximum atomic E-state index is 10.5. The highest BCUT2D eigenvalue weighted by Crippen LogP contribution is 2.25. The smallest absolute Gasteiger partial charge is 0.303 e. The minimum atomic E-state index is -0.882. The quantitative estimate of drug-likeness (QED) is 0.293. The molecule has 6 nitrogen and oxygen atoms in total. The molecule has 0 amide bonds. The van der Waals surface area contributed by atoms with Gasteiger partial charge in [0.25, 0.3) is 0 Å². The number of aliphatic carboxylic acids is 1. The van der Waals surface area contributed by atoms with Gasteiger partial charge < -0.3 is 25.2 Å². The summed E-state index contributed by atoms with van der Waals surface area (Å²) in [6.45, 7) is 2.16. The largest absolute Gasteiger partial charge is 0.481 e. The van der Waals surface area contributed by atoms with Crippen LogP contribution in [0.5, 0.6) is 0 Å². The first-order valence-electron chi connectivity index (χ1n) is 9.68. The van der Waals surface area contributed by atoms with Crippen LogP contribution in [0.1, 0.15) is 64.7 Å². The van der Waals surface area contributed by atoms with E-state index in [0.29, 0.717) is 25.7 Å². The fourth-order valence-electron chi connectivity index (χ4n) is 2.96. The molecule has 0 aromatic rings. The Hall–Kier alpha value is -1.21. The molecule has 1 fully saturated rings. The maximum absolute atomic E-state index is 10.5. The summed E-state index contributed by atoms with van der Waals surface area (Å²) in [5, 5.41) is 38.7. The van der Waals surface area contributed by atoms with Crippen LogP contribution in [0.3, 0.4) is 0 Å². The van der Waals surface area contributed by atoms with Gasteiger partial charge in [0.05, 0.1) is 24.4 Å². The molecular formula is C20H34O6. The molecule has 0 aliphatic carbocycles. The fraction of sp³-hybridized carbons (Fsp3) is 0.750. The molecule has 0 bridgehead atoms. The van der Waals surface area contributed by atoms with Crippen molar-refractivity contribution in [1.29, 1.82) is 0 Å². The van der Waals surface area contributed by atoms with Crippen LogP contribution in [0, 0.1) is 0 Å². The normalized spacial score (nSPS) is 25.9. The summed E-state index contributed by atoms with van der Waals surface area (Å²) in [5.41, 5.74) is 0. The second-order valence-corrected chi connectivity index (χ2v) is 6.95. The number of carboxylic acids is 1. The Morgan fingerprint density at radius 1 is 1.23 bits per heavy atom. The second kappa shape index (κ2) is 13.0. The van der Waals surface area contributed by atoms with E-state index in [9.17, 15) is 20.1 Å². The minimum absolute atomic E-state index is 0.0215. The van der Waals surface area contributed by atoms with Crippen LogP contribution >= 0.6 is 0 Å².